The number of allylic oxidation sites excluding steroid dienone is 4. The molecule has 1 heterocycles. The molecule has 0 unspecified atom stereocenters. The Bertz CT molecular complexity index is 1290. The van der Waals surface area contributed by atoms with Crippen LogP contribution in [-0.4, -0.2) is 26.5 Å². The van der Waals surface area contributed by atoms with Gasteiger partial charge in [0.25, 0.3) is 5.56 Å². The topological polar surface area (TPSA) is 123 Å². The van der Waals surface area contributed by atoms with Gasteiger partial charge in [0.2, 0.25) is 5.91 Å². The number of aromatic nitrogens is 1. The van der Waals surface area contributed by atoms with E-state index in [1.165, 1.54) is 18.3 Å². The van der Waals surface area contributed by atoms with Gasteiger partial charge >= 0.3 is 0 Å². The second-order valence-corrected chi connectivity index (χ2v) is 10.3. The van der Waals surface area contributed by atoms with Crippen molar-refractivity contribution < 1.29 is 19.8 Å². The minimum Gasteiger partial charge on any atom is -0.508 e. The third-order valence-corrected chi connectivity index (χ3v) is 7.82. The smallest absolute Gasteiger partial charge is 0.265 e. The fourth-order valence-electron chi connectivity index (χ4n) is 6.12. The van der Waals surface area contributed by atoms with E-state index in [1.807, 2.05) is 19.1 Å². The molecule has 1 amide bonds. The second kappa shape index (κ2) is 10.2. The number of rotatable bonds is 6. The van der Waals surface area contributed by atoms with Crippen LogP contribution >= 0.6 is 0 Å². The number of benzene rings is 1. The van der Waals surface area contributed by atoms with Crippen molar-refractivity contribution in [3.63, 3.8) is 0 Å². The lowest BCUT2D eigenvalue weighted by Gasteiger charge is -2.45. The van der Waals surface area contributed by atoms with E-state index in [4.69, 9.17) is 5.73 Å². The van der Waals surface area contributed by atoms with Crippen LogP contribution in [0, 0.1) is 29.6 Å². The lowest BCUT2D eigenvalue weighted by Crippen LogP contribution is -2.41. The highest BCUT2D eigenvalue weighted by Gasteiger charge is 2.44. The van der Waals surface area contributed by atoms with Crippen LogP contribution in [0.2, 0.25) is 0 Å². The fraction of sp³-hybridized carbons (Fsp3) is 0.414. The highest BCUT2D eigenvalue weighted by Crippen LogP contribution is 2.49. The standard InChI is InChI=1S/C29H34N2O5/c1-4-5-21-22-12-16(2)6-11-20(22)17(3)13-23(21)27(34)26-28(35)24(18-7-9-19(32)10-8-18)14-31(29(26)36)15-25(30)33/h4-5,7-10,13-14,16,20-23,32,35H,6,11-12,15H2,1-3H3,(H2,30,33)/b5-4+/t16-,20+,21+,22-,23+/m0/s1. The van der Waals surface area contributed by atoms with Crippen LogP contribution in [0.15, 0.2) is 59.1 Å². The van der Waals surface area contributed by atoms with Crippen LogP contribution in [-0.2, 0) is 11.3 Å². The van der Waals surface area contributed by atoms with E-state index in [1.54, 1.807) is 12.1 Å². The highest BCUT2D eigenvalue weighted by molar-refractivity contribution is 6.03. The molecule has 0 aliphatic heterocycles. The maximum absolute atomic E-state index is 14.1. The molecule has 0 saturated heterocycles. The number of primary amides is 1. The van der Waals surface area contributed by atoms with Crippen molar-refractivity contribution in [2.45, 2.75) is 46.6 Å². The summed E-state index contributed by atoms with van der Waals surface area (Å²) in [5.41, 5.74) is 6.14. The summed E-state index contributed by atoms with van der Waals surface area (Å²) in [6.07, 6.45) is 10.5. The zero-order chi connectivity index (χ0) is 26.1. The quantitative estimate of drug-likeness (QED) is 0.409. The molecule has 1 aromatic carbocycles. The van der Waals surface area contributed by atoms with Gasteiger partial charge in [-0.1, -0.05) is 49.3 Å². The Balaban J connectivity index is 1.88. The molecule has 2 aliphatic carbocycles. The number of fused-ring (bicyclic) bond motifs is 1. The molecule has 0 spiro atoms. The summed E-state index contributed by atoms with van der Waals surface area (Å²) in [7, 11) is 0. The number of nitrogens with zero attached hydrogens (tertiary/aromatic N) is 1. The van der Waals surface area contributed by atoms with Crippen molar-refractivity contribution in [3.05, 3.63) is 70.2 Å². The molecule has 0 bridgehead atoms. The van der Waals surface area contributed by atoms with Gasteiger partial charge in [0.15, 0.2) is 5.78 Å². The van der Waals surface area contributed by atoms with Gasteiger partial charge in [0.1, 0.15) is 23.6 Å². The molecule has 2 aliphatic rings. The zero-order valence-corrected chi connectivity index (χ0v) is 21.0. The number of Topliss-reactive ketones (excluding diaryl/α,β-unsaturated/α-hetero) is 1. The summed E-state index contributed by atoms with van der Waals surface area (Å²) in [6, 6.07) is 6.02. The maximum Gasteiger partial charge on any atom is 0.265 e. The van der Waals surface area contributed by atoms with E-state index in [0.29, 0.717) is 17.4 Å². The summed E-state index contributed by atoms with van der Waals surface area (Å²) in [6.45, 7) is 5.79. The Hall–Kier alpha value is -3.61. The number of carbonyl (C=O) groups excluding carboxylic acids is 2. The van der Waals surface area contributed by atoms with Crippen molar-refractivity contribution in [2.75, 3.05) is 0 Å². The number of carbonyl (C=O) groups is 2. The Morgan fingerprint density at radius 1 is 1.17 bits per heavy atom. The van der Waals surface area contributed by atoms with Crippen LogP contribution in [0.1, 0.15) is 50.4 Å². The van der Waals surface area contributed by atoms with E-state index < -0.39 is 35.5 Å². The van der Waals surface area contributed by atoms with E-state index in [0.717, 1.165) is 29.4 Å². The number of pyridine rings is 1. The first kappa shape index (κ1) is 25.5. The number of nitrogens with two attached hydrogens (primary N) is 1. The fourth-order valence-corrected chi connectivity index (χ4v) is 6.12. The summed E-state index contributed by atoms with van der Waals surface area (Å²) in [5, 5.41) is 20.9. The Morgan fingerprint density at radius 3 is 2.50 bits per heavy atom. The average molecular weight is 491 g/mol. The molecule has 7 heteroatoms. The number of hydrogen-bond donors (Lipinski definition) is 3. The molecule has 4 N–H and O–H groups in total. The molecule has 1 aromatic heterocycles. The first-order valence-corrected chi connectivity index (χ1v) is 12.5. The predicted octanol–water partition coefficient (Wildman–Crippen LogP) is 4.42. The molecule has 4 rings (SSSR count). The van der Waals surface area contributed by atoms with Crippen LogP contribution in [0.25, 0.3) is 11.1 Å². The van der Waals surface area contributed by atoms with Crippen molar-refractivity contribution in [3.8, 4) is 22.6 Å². The monoisotopic (exact) mass is 490 g/mol. The number of aromatic hydroxyl groups is 2. The summed E-state index contributed by atoms with van der Waals surface area (Å²) >= 11 is 0. The molecule has 1 saturated carbocycles. The maximum atomic E-state index is 14.1. The molecular weight excluding hydrogens is 456 g/mol. The molecule has 190 valence electrons. The first-order chi connectivity index (χ1) is 17.1. The van der Waals surface area contributed by atoms with Crippen molar-refractivity contribution >= 4 is 11.7 Å². The van der Waals surface area contributed by atoms with E-state index >= 15 is 0 Å². The highest BCUT2D eigenvalue weighted by atomic mass is 16.3. The Kier molecular flexibility index (Phi) is 7.20. The molecule has 2 aromatic rings. The van der Waals surface area contributed by atoms with Gasteiger partial charge in [-0.05, 0) is 68.1 Å². The van der Waals surface area contributed by atoms with Crippen molar-refractivity contribution in [2.24, 2.45) is 35.3 Å². The van der Waals surface area contributed by atoms with Gasteiger partial charge in [-0.2, -0.15) is 0 Å². The molecule has 0 radical (unpaired) electrons. The van der Waals surface area contributed by atoms with Gasteiger partial charge in [-0.3, -0.25) is 14.4 Å². The lowest BCUT2D eigenvalue weighted by molar-refractivity contribution is -0.118. The molecule has 7 nitrogen and oxygen atoms in total. The third kappa shape index (κ3) is 4.74. The molecule has 5 atom stereocenters. The van der Waals surface area contributed by atoms with Crippen LogP contribution in [0.5, 0.6) is 11.5 Å². The van der Waals surface area contributed by atoms with E-state index in [9.17, 15) is 24.6 Å². The van der Waals surface area contributed by atoms with Gasteiger partial charge in [-0.15, -0.1) is 0 Å². The molecular formula is C29H34N2O5. The van der Waals surface area contributed by atoms with Crippen molar-refractivity contribution in [1.29, 1.82) is 0 Å². The van der Waals surface area contributed by atoms with E-state index in [2.05, 4.69) is 19.9 Å². The third-order valence-electron chi connectivity index (χ3n) is 7.82. The van der Waals surface area contributed by atoms with Gasteiger partial charge in [-0.25, -0.2) is 0 Å². The number of phenolic OH excluding ortho intramolecular Hbond substituents is 1. The van der Waals surface area contributed by atoms with E-state index in [-0.39, 0.29) is 28.7 Å². The number of phenols is 1. The summed E-state index contributed by atoms with van der Waals surface area (Å²) in [5.74, 6) is -1.07. The number of amides is 1. The van der Waals surface area contributed by atoms with Gasteiger partial charge < -0.3 is 20.5 Å². The number of ketones is 1. The molecule has 36 heavy (non-hydrogen) atoms. The predicted molar refractivity (Wildman–Crippen MR) is 139 cm³/mol. The second-order valence-electron chi connectivity index (χ2n) is 10.3. The first-order valence-electron chi connectivity index (χ1n) is 12.5. The largest absolute Gasteiger partial charge is 0.508 e. The molecule has 1 fully saturated rings. The van der Waals surface area contributed by atoms with Gasteiger partial charge in [0.05, 0.1) is 0 Å². The normalized spacial score (nSPS) is 25.9. The summed E-state index contributed by atoms with van der Waals surface area (Å²) in [4.78, 5) is 39.2. The Morgan fingerprint density at radius 2 is 1.86 bits per heavy atom. The SMILES string of the molecule is C/C=C/[C@@H]1[C@H]2C[C@@H](C)CC[C@@H]2C(C)=C[C@H]1C(=O)c1c(O)c(-c2ccc(O)cc2)cn(CC(N)=O)c1=O. The van der Waals surface area contributed by atoms with Crippen LogP contribution < -0.4 is 11.3 Å². The lowest BCUT2D eigenvalue weighted by atomic mass is 9.59. The zero-order valence-electron chi connectivity index (χ0n) is 21.0. The number of hydrogen-bond acceptors (Lipinski definition) is 5. The average Bonchev–Trinajstić information content (AvgIpc) is 2.83. The minimum atomic E-state index is -0.747. The van der Waals surface area contributed by atoms with Crippen LogP contribution in [0.3, 0.4) is 0 Å². The van der Waals surface area contributed by atoms with Crippen molar-refractivity contribution in [1.82, 2.24) is 4.57 Å². The van der Waals surface area contributed by atoms with Crippen LogP contribution in [0.4, 0.5) is 0 Å². The Labute approximate surface area is 211 Å². The minimum absolute atomic E-state index is 0.0354. The summed E-state index contributed by atoms with van der Waals surface area (Å²) < 4.78 is 1.08. The van der Waals surface area contributed by atoms with Gasteiger partial charge in [0, 0.05) is 17.7 Å².